The van der Waals surface area contributed by atoms with Crippen molar-refractivity contribution >= 4 is 40.1 Å². The van der Waals surface area contributed by atoms with Gasteiger partial charge >= 0.3 is 0 Å². The minimum absolute atomic E-state index is 0.0358. The molecule has 4 rings (SSSR count). The third-order valence-corrected chi connectivity index (χ3v) is 4.78. The Balaban J connectivity index is 1.78. The summed E-state index contributed by atoms with van der Waals surface area (Å²) < 4.78 is 0. The number of nitro groups is 1. The van der Waals surface area contributed by atoms with E-state index in [1.54, 1.807) is 24.3 Å². The number of hydrogen-bond acceptors (Lipinski definition) is 6. The van der Waals surface area contributed by atoms with Crippen molar-refractivity contribution < 1.29 is 9.72 Å². The molecule has 3 aromatic carbocycles. The van der Waals surface area contributed by atoms with Crippen LogP contribution in [-0.4, -0.2) is 36.3 Å². The van der Waals surface area contributed by atoms with Gasteiger partial charge in [-0.2, -0.15) is 10.1 Å². The second kappa shape index (κ2) is 8.19. The Kier molecular flexibility index (Phi) is 5.28. The molecule has 8 heteroatoms. The van der Waals surface area contributed by atoms with E-state index < -0.39 is 4.92 Å². The second-order valence-corrected chi connectivity index (χ2v) is 7.08. The number of anilines is 2. The maximum atomic E-state index is 13.2. The van der Waals surface area contributed by atoms with Crippen molar-refractivity contribution in [2.45, 2.75) is 0 Å². The van der Waals surface area contributed by atoms with Gasteiger partial charge in [0.2, 0.25) is 0 Å². The van der Waals surface area contributed by atoms with Crippen molar-refractivity contribution in [1.82, 2.24) is 0 Å². The number of carbonyl (C=O) groups excluding carboxylic acids is 1. The molecule has 0 unspecified atom stereocenters. The smallest absolute Gasteiger partial charge is 0.299 e. The lowest BCUT2D eigenvalue weighted by atomic mass is 10.1. The van der Waals surface area contributed by atoms with Gasteiger partial charge in [-0.15, -0.1) is 0 Å². The summed E-state index contributed by atoms with van der Waals surface area (Å²) in [4.78, 5) is 30.3. The van der Waals surface area contributed by atoms with Gasteiger partial charge in [0, 0.05) is 37.5 Å². The number of nitro benzene ring substituents is 1. The van der Waals surface area contributed by atoms with Crippen LogP contribution in [0.2, 0.25) is 0 Å². The molecule has 0 spiro atoms. The molecule has 1 amide bonds. The highest BCUT2D eigenvalue weighted by molar-refractivity contribution is 6.74. The molecule has 1 aliphatic rings. The molecule has 0 saturated carbocycles. The van der Waals surface area contributed by atoms with Crippen LogP contribution < -0.4 is 9.91 Å². The monoisotopic (exact) mass is 413 g/mol. The lowest BCUT2D eigenvalue weighted by Gasteiger charge is -2.12. The zero-order valence-electron chi connectivity index (χ0n) is 17.0. The van der Waals surface area contributed by atoms with E-state index in [4.69, 9.17) is 0 Å². The highest BCUT2D eigenvalue weighted by Crippen LogP contribution is 2.25. The standard InChI is InChI=1S/C23H19N5O3/c1-26(2)18-14-10-17(11-15-18)24-22-21(16-8-12-20(13-9-16)28(30)31)25-27(23(22)29)19-6-4-3-5-7-19/h3-15H,1-2H3. The first kappa shape index (κ1) is 20.0. The van der Waals surface area contributed by atoms with E-state index >= 15 is 0 Å². The zero-order valence-corrected chi connectivity index (χ0v) is 17.0. The molecule has 0 atom stereocenters. The summed E-state index contributed by atoms with van der Waals surface area (Å²) in [6, 6.07) is 22.5. The van der Waals surface area contributed by atoms with Crippen LogP contribution in [0.15, 0.2) is 89.0 Å². The molecule has 0 fully saturated rings. The summed E-state index contributed by atoms with van der Waals surface area (Å²) in [5.74, 6) is -0.365. The molecular weight excluding hydrogens is 394 g/mol. The van der Waals surface area contributed by atoms with Crippen molar-refractivity contribution in [3.63, 3.8) is 0 Å². The van der Waals surface area contributed by atoms with Crippen molar-refractivity contribution in [2.75, 3.05) is 24.0 Å². The van der Waals surface area contributed by atoms with E-state index in [1.807, 2.05) is 61.5 Å². The van der Waals surface area contributed by atoms with E-state index in [0.29, 0.717) is 22.6 Å². The first-order valence-corrected chi connectivity index (χ1v) is 9.53. The van der Waals surface area contributed by atoms with Gasteiger partial charge in [-0.25, -0.2) is 4.99 Å². The molecule has 8 nitrogen and oxygen atoms in total. The van der Waals surface area contributed by atoms with E-state index in [0.717, 1.165) is 5.69 Å². The summed E-state index contributed by atoms with van der Waals surface area (Å²) >= 11 is 0. The van der Waals surface area contributed by atoms with Gasteiger partial charge in [0.1, 0.15) is 5.71 Å². The van der Waals surface area contributed by atoms with Gasteiger partial charge in [-0.3, -0.25) is 14.9 Å². The average molecular weight is 413 g/mol. The maximum Gasteiger partial charge on any atom is 0.299 e. The molecule has 1 heterocycles. The van der Waals surface area contributed by atoms with Crippen LogP contribution >= 0.6 is 0 Å². The highest BCUT2D eigenvalue weighted by atomic mass is 16.6. The topological polar surface area (TPSA) is 91.4 Å². The van der Waals surface area contributed by atoms with Crippen LogP contribution in [-0.2, 0) is 4.79 Å². The molecule has 3 aromatic rings. The van der Waals surface area contributed by atoms with Crippen molar-refractivity contribution in [3.05, 3.63) is 94.5 Å². The number of non-ortho nitro benzene ring substituents is 1. The Morgan fingerprint density at radius 3 is 2.16 bits per heavy atom. The Hall–Kier alpha value is -4.33. The van der Waals surface area contributed by atoms with Gasteiger partial charge in [-0.1, -0.05) is 18.2 Å². The Morgan fingerprint density at radius 1 is 0.935 bits per heavy atom. The molecule has 0 aromatic heterocycles. The second-order valence-electron chi connectivity index (χ2n) is 7.08. The van der Waals surface area contributed by atoms with Crippen molar-refractivity contribution in [2.24, 2.45) is 10.1 Å². The summed E-state index contributed by atoms with van der Waals surface area (Å²) in [6.45, 7) is 0. The van der Waals surface area contributed by atoms with E-state index in [2.05, 4.69) is 10.1 Å². The average Bonchev–Trinajstić information content (AvgIpc) is 3.11. The van der Waals surface area contributed by atoms with E-state index in [-0.39, 0.29) is 17.3 Å². The molecule has 0 radical (unpaired) electrons. The fourth-order valence-electron chi connectivity index (χ4n) is 3.13. The summed E-state index contributed by atoms with van der Waals surface area (Å²) in [6.07, 6.45) is 0. The van der Waals surface area contributed by atoms with E-state index in [1.165, 1.54) is 17.1 Å². The number of para-hydroxylation sites is 1. The lowest BCUT2D eigenvalue weighted by molar-refractivity contribution is -0.384. The number of hydrogen-bond donors (Lipinski definition) is 0. The molecule has 0 N–H and O–H groups in total. The summed E-state index contributed by atoms with van der Waals surface area (Å²) in [5, 5.41) is 16.8. The predicted octanol–water partition coefficient (Wildman–Crippen LogP) is 4.18. The van der Waals surface area contributed by atoms with Gasteiger partial charge in [0.05, 0.1) is 16.3 Å². The molecular formula is C23H19N5O3. The number of amides is 1. The van der Waals surface area contributed by atoms with Gasteiger partial charge in [-0.05, 0) is 48.5 Å². The van der Waals surface area contributed by atoms with Crippen LogP contribution in [0.25, 0.3) is 0 Å². The lowest BCUT2D eigenvalue weighted by Crippen LogP contribution is -2.27. The fourth-order valence-corrected chi connectivity index (χ4v) is 3.13. The molecule has 0 bridgehead atoms. The summed E-state index contributed by atoms with van der Waals surface area (Å²) in [5.41, 5.74) is 3.30. The minimum Gasteiger partial charge on any atom is -0.378 e. The number of aliphatic imine (C=N–C) groups is 1. The molecule has 154 valence electrons. The molecule has 0 aliphatic carbocycles. The van der Waals surface area contributed by atoms with Crippen LogP contribution in [0, 0.1) is 10.1 Å². The largest absolute Gasteiger partial charge is 0.378 e. The number of nitrogens with zero attached hydrogens (tertiary/aromatic N) is 5. The van der Waals surface area contributed by atoms with Gasteiger partial charge < -0.3 is 4.90 Å². The highest BCUT2D eigenvalue weighted by Gasteiger charge is 2.34. The molecule has 1 aliphatic heterocycles. The normalized spacial score (nSPS) is 14.6. The SMILES string of the molecule is CN(C)c1ccc(N=C2C(=O)N(c3ccccc3)N=C2c2ccc([N+](=O)[O-])cc2)cc1. The van der Waals surface area contributed by atoms with Gasteiger partial charge in [0.25, 0.3) is 11.6 Å². The van der Waals surface area contributed by atoms with Crippen molar-refractivity contribution in [1.29, 1.82) is 0 Å². The van der Waals surface area contributed by atoms with Gasteiger partial charge in [0.15, 0.2) is 5.71 Å². The van der Waals surface area contributed by atoms with Crippen LogP contribution in [0.4, 0.5) is 22.7 Å². The minimum atomic E-state index is -0.469. The predicted molar refractivity (Wildman–Crippen MR) is 121 cm³/mol. The number of rotatable bonds is 5. The summed E-state index contributed by atoms with van der Waals surface area (Å²) in [7, 11) is 3.89. The number of benzene rings is 3. The third-order valence-electron chi connectivity index (χ3n) is 4.78. The first-order valence-electron chi connectivity index (χ1n) is 9.53. The van der Waals surface area contributed by atoms with E-state index in [9.17, 15) is 14.9 Å². The van der Waals surface area contributed by atoms with Crippen LogP contribution in [0.3, 0.4) is 0 Å². The Bertz CT molecular complexity index is 1180. The zero-order chi connectivity index (χ0) is 22.0. The Morgan fingerprint density at radius 2 is 1.58 bits per heavy atom. The Labute approximate surface area is 178 Å². The van der Waals surface area contributed by atoms with Crippen molar-refractivity contribution in [3.8, 4) is 0 Å². The van der Waals surface area contributed by atoms with Crippen LogP contribution in [0.5, 0.6) is 0 Å². The molecule has 31 heavy (non-hydrogen) atoms. The third kappa shape index (κ3) is 4.04. The van der Waals surface area contributed by atoms with Crippen LogP contribution in [0.1, 0.15) is 5.56 Å². The number of hydrazone groups is 1. The fraction of sp³-hybridized carbons (Fsp3) is 0.0870. The number of carbonyl (C=O) groups is 1. The molecule has 0 saturated heterocycles. The quantitative estimate of drug-likeness (QED) is 0.463. The first-order chi connectivity index (χ1) is 14.9. The maximum absolute atomic E-state index is 13.2.